The molecule has 4 heteroatoms. The molecule has 0 aromatic heterocycles. The predicted octanol–water partition coefficient (Wildman–Crippen LogP) is 2.78. The van der Waals surface area contributed by atoms with E-state index in [1.54, 1.807) is 0 Å². The number of carbonyl (C=O) groups is 1. The summed E-state index contributed by atoms with van der Waals surface area (Å²) in [5.74, 6) is 0.0606. The number of nitrogens with one attached hydrogen (secondary N) is 2. The maximum Gasteiger partial charge on any atom is 0.237 e. The van der Waals surface area contributed by atoms with Crippen molar-refractivity contribution in [2.24, 2.45) is 0 Å². The minimum atomic E-state index is -0.165. The lowest BCUT2D eigenvalue weighted by atomic mass is 10.1. The summed E-state index contributed by atoms with van der Waals surface area (Å²) in [4.78, 5) is 11.8. The number of rotatable bonds is 7. The molecule has 19 heavy (non-hydrogen) atoms. The molecule has 0 spiro atoms. The minimum absolute atomic E-state index is 0.0606. The molecule has 3 nitrogen and oxygen atoms in total. The molecule has 1 rings (SSSR count). The molecule has 1 aromatic carbocycles. The van der Waals surface area contributed by atoms with Crippen LogP contribution in [0.5, 0.6) is 0 Å². The van der Waals surface area contributed by atoms with Crippen LogP contribution in [-0.2, 0) is 11.2 Å². The van der Waals surface area contributed by atoms with Gasteiger partial charge in [0.25, 0.3) is 0 Å². The quantitative estimate of drug-likeness (QED) is 0.807. The second-order valence-electron chi connectivity index (χ2n) is 4.87. The summed E-state index contributed by atoms with van der Waals surface area (Å²) in [5, 5.41) is 6.94. The second-order valence-corrected chi connectivity index (χ2v) is 5.31. The molecule has 0 radical (unpaired) electrons. The van der Waals surface area contributed by atoms with Gasteiger partial charge >= 0.3 is 0 Å². The monoisotopic (exact) mass is 282 g/mol. The van der Waals surface area contributed by atoms with Crippen LogP contribution < -0.4 is 10.6 Å². The third kappa shape index (κ3) is 6.08. The van der Waals surface area contributed by atoms with E-state index in [-0.39, 0.29) is 18.0 Å². The van der Waals surface area contributed by atoms with Crippen molar-refractivity contribution >= 4 is 17.5 Å². The molecule has 106 valence electrons. The van der Waals surface area contributed by atoms with E-state index in [1.165, 1.54) is 5.56 Å². The summed E-state index contributed by atoms with van der Waals surface area (Å²) in [7, 11) is 0. The molecule has 0 saturated carbocycles. The van der Waals surface area contributed by atoms with E-state index in [9.17, 15) is 4.79 Å². The van der Waals surface area contributed by atoms with Gasteiger partial charge in [0.2, 0.25) is 5.91 Å². The van der Waals surface area contributed by atoms with E-state index >= 15 is 0 Å². The van der Waals surface area contributed by atoms with Gasteiger partial charge in [-0.1, -0.05) is 30.7 Å². The maximum atomic E-state index is 11.8. The fourth-order valence-corrected chi connectivity index (χ4v) is 1.77. The van der Waals surface area contributed by atoms with Crippen LogP contribution in [0, 0.1) is 0 Å². The van der Waals surface area contributed by atoms with Crippen LogP contribution in [0.15, 0.2) is 24.3 Å². The standard InChI is InChI=1S/C15H23ClN2O/c1-4-11(2)18-15(19)12(3)17-10-9-13-5-7-14(16)8-6-13/h5-8,11-12,17H,4,9-10H2,1-3H3,(H,18,19). The average Bonchev–Trinajstić information content (AvgIpc) is 2.40. The molecule has 0 heterocycles. The van der Waals surface area contributed by atoms with Gasteiger partial charge in [0.05, 0.1) is 6.04 Å². The number of hydrogen-bond acceptors (Lipinski definition) is 2. The highest BCUT2D eigenvalue weighted by Crippen LogP contribution is 2.09. The van der Waals surface area contributed by atoms with Gasteiger partial charge in [-0.15, -0.1) is 0 Å². The van der Waals surface area contributed by atoms with Gasteiger partial charge in [0.15, 0.2) is 0 Å². The summed E-state index contributed by atoms with van der Waals surface area (Å²) in [6.07, 6.45) is 1.83. The number of halogens is 1. The molecule has 2 N–H and O–H groups in total. The summed E-state index contributed by atoms with van der Waals surface area (Å²) >= 11 is 5.83. The SMILES string of the molecule is CCC(C)NC(=O)C(C)NCCc1ccc(Cl)cc1. The van der Waals surface area contributed by atoms with Crippen molar-refractivity contribution in [3.63, 3.8) is 0 Å². The first kappa shape index (κ1) is 16.0. The average molecular weight is 283 g/mol. The summed E-state index contributed by atoms with van der Waals surface area (Å²) < 4.78 is 0. The van der Waals surface area contributed by atoms with Gasteiger partial charge in [0.1, 0.15) is 0 Å². The molecule has 0 bridgehead atoms. The van der Waals surface area contributed by atoms with Crippen LogP contribution in [0.25, 0.3) is 0 Å². The molecular weight excluding hydrogens is 260 g/mol. The van der Waals surface area contributed by atoms with Gasteiger partial charge in [-0.3, -0.25) is 4.79 Å². The van der Waals surface area contributed by atoms with Crippen molar-refractivity contribution < 1.29 is 4.79 Å². The Labute approximate surface area is 120 Å². The number of carbonyl (C=O) groups excluding carboxylic acids is 1. The predicted molar refractivity (Wildman–Crippen MR) is 80.5 cm³/mol. The normalized spacial score (nSPS) is 13.9. The fourth-order valence-electron chi connectivity index (χ4n) is 1.65. The molecule has 2 atom stereocenters. The van der Waals surface area contributed by atoms with Gasteiger partial charge < -0.3 is 10.6 Å². The lowest BCUT2D eigenvalue weighted by molar-refractivity contribution is -0.123. The van der Waals surface area contributed by atoms with Crippen LogP contribution in [0.4, 0.5) is 0 Å². The largest absolute Gasteiger partial charge is 0.352 e. The summed E-state index contributed by atoms with van der Waals surface area (Å²) in [5.41, 5.74) is 1.21. The lowest BCUT2D eigenvalue weighted by Gasteiger charge is -2.17. The van der Waals surface area contributed by atoms with Gasteiger partial charge in [-0.25, -0.2) is 0 Å². The van der Waals surface area contributed by atoms with Crippen LogP contribution in [0.2, 0.25) is 5.02 Å². The Balaban J connectivity index is 2.28. The zero-order valence-corrected chi connectivity index (χ0v) is 12.6. The molecule has 0 aliphatic rings. The van der Waals surface area contributed by atoms with E-state index in [4.69, 9.17) is 11.6 Å². The van der Waals surface area contributed by atoms with Crippen molar-refractivity contribution in [3.05, 3.63) is 34.9 Å². The van der Waals surface area contributed by atoms with Crippen LogP contribution in [0.3, 0.4) is 0 Å². The topological polar surface area (TPSA) is 41.1 Å². The van der Waals surface area contributed by atoms with Crippen molar-refractivity contribution in [2.45, 2.75) is 45.7 Å². The van der Waals surface area contributed by atoms with E-state index in [2.05, 4.69) is 17.6 Å². The minimum Gasteiger partial charge on any atom is -0.352 e. The van der Waals surface area contributed by atoms with E-state index in [0.717, 1.165) is 24.4 Å². The Morgan fingerprint density at radius 3 is 2.47 bits per heavy atom. The molecule has 0 saturated heterocycles. The first-order valence-electron chi connectivity index (χ1n) is 6.81. The van der Waals surface area contributed by atoms with Crippen molar-refractivity contribution in [1.29, 1.82) is 0 Å². The van der Waals surface area contributed by atoms with Crippen LogP contribution in [-0.4, -0.2) is 24.5 Å². The van der Waals surface area contributed by atoms with Crippen molar-refractivity contribution in [1.82, 2.24) is 10.6 Å². The van der Waals surface area contributed by atoms with E-state index < -0.39 is 0 Å². The van der Waals surface area contributed by atoms with E-state index in [0.29, 0.717) is 0 Å². The highest BCUT2D eigenvalue weighted by atomic mass is 35.5. The molecule has 0 aliphatic carbocycles. The Morgan fingerprint density at radius 1 is 1.26 bits per heavy atom. The highest BCUT2D eigenvalue weighted by molar-refractivity contribution is 6.30. The zero-order chi connectivity index (χ0) is 14.3. The third-order valence-corrected chi connectivity index (χ3v) is 3.42. The lowest BCUT2D eigenvalue weighted by Crippen LogP contribution is -2.45. The Kier molecular flexibility index (Phi) is 6.89. The molecule has 0 aliphatic heterocycles. The molecule has 1 amide bonds. The Bertz CT molecular complexity index is 392. The molecule has 2 unspecified atom stereocenters. The van der Waals surface area contributed by atoms with Gasteiger partial charge in [0, 0.05) is 11.1 Å². The molecule has 1 aromatic rings. The number of hydrogen-bond donors (Lipinski definition) is 2. The zero-order valence-electron chi connectivity index (χ0n) is 11.9. The van der Waals surface area contributed by atoms with Crippen LogP contribution >= 0.6 is 11.6 Å². The molecular formula is C15H23ClN2O. The van der Waals surface area contributed by atoms with Crippen molar-refractivity contribution in [3.8, 4) is 0 Å². The Hall–Kier alpha value is -1.06. The summed E-state index contributed by atoms with van der Waals surface area (Å²) in [6, 6.07) is 7.85. The van der Waals surface area contributed by atoms with Crippen molar-refractivity contribution in [2.75, 3.05) is 6.54 Å². The Morgan fingerprint density at radius 2 is 1.89 bits per heavy atom. The van der Waals surface area contributed by atoms with Gasteiger partial charge in [-0.05, 0) is 50.9 Å². The summed E-state index contributed by atoms with van der Waals surface area (Å²) in [6.45, 7) is 6.73. The third-order valence-electron chi connectivity index (χ3n) is 3.17. The molecule has 0 fully saturated rings. The number of benzene rings is 1. The number of amides is 1. The maximum absolute atomic E-state index is 11.8. The smallest absolute Gasteiger partial charge is 0.237 e. The van der Waals surface area contributed by atoms with Crippen LogP contribution in [0.1, 0.15) is 32.8 Å². The van der Waals surface area contributed by atoms with E-state index in [1.807, 2.05) is 38.1 Å². The first-order valence-corrected chi connectivity index (χ1v) is 7.19. The second kappa shape index (κ2) is 8.18. The first-order chi connectivity index (χ1) is 9.02. The fraction of sp³-hybridized carbons (Fsp3) is 0.533. The highest BCUT2D eigenvalue weighted by Gasteiger charge is 2.13. The van der Waals surface area contributed by atoms with Gasteiger partial charge in [-0.2, -0.15) is 0 Å².